The minimum absolute atomic E-state index is 0.307. The van der Waals surface area contributed by atoms with E-state index in [0.717, 1.165) is 19.6 Å². The topological polar surface area (TPSA) is 24.9 Å². The highest BCUT2D eigenvalue weighted by Gasteiger charge is 2.40. The number of fused-ring (bicyclic) bond motifs is 4. The molecule has 35 heavy (non-hydrogen) atoms. The molecule has 4 atom stereocenters. The lowest BCUT2D eigenvalue weighted by atomic mass is 9.79. The summed E-state index contributed by atoms with van der Waals surface area (Å²) < 4.78 is 12.9. The van der Waals surface area contributed by atoms with Crippen molar-refractivity contribution in [3.63, 3.8) is 0 Å². The maximum atomic E-state index is 6.43. The Bertz CT molecular complexity index is 1070. The lowest BCUT2D eigenvalue weighted by Crippen LogP contribution is -2.43. The molecule has 184 valence electrons. The molecule has 0 bridgehead atoms. The lowest BCUT2D eigenvalue weighted by molar-refractivity contribution is -0.0295. The number of anilines is 2. The Morgan fingerprint density at radius 3 is 1.69 bits per heavy atom. The van der Waals surface area contributed by atoms with E-state index in [9.17, 15) is 0 Å². The van der Waals surface area contributed by atoms with E-state index in [0.29, 0.717) is 24.0 Å². The van der Waals surface area contributed by atoms with Gasteiger partial charge in [0.1, 0.15) is 0 Å². The van der Waals surface area contributed by atoms with Crippen LogP contribution in [0.5, 0.6) is 0 Å². The van der Waals surface area contributed by atoms with Crippen LogP contribution in [0.4, 0.5) is 11.4 Å². The molecule has 6 heterocycles. The van der Waals surface area contributed by atoms with Crippen molar-refractivity contribution in [2.45, 2.75) is 70.0 Å². The van der Waals surface area contributed by atoms with Crippen LogP contribution in [0.25, 0.3) is 0 Å². The molecule has 4 nitrogen and oxygen atoms in total. The number of rotatable bonds is 2. The molecule has 0 spiro atoms. The molecule has 0 amide bonds. The first-order valence-electron chi connectivity index (χ1n) is 14.4. The maximum Gasteiger partial charge on any atom is 0.0890 e. The number of ether oxygens (including phenoxy) is 2. The molecule has 0 radical (unpaired) electrons. The lowest BCUT2D eigenvalue weighted by Gasteiger charge is -2.46. The summed E-state index contributed by atoms with van der Waals surface area (Å²) in [6.45, 7) is 6.67. The van der Waals surface area contributed by atoms with E-state index in [-0.39, 0.29) is 0 Å². The van der Waals surface area contributed by atoms with Gasteiger partial charge >= 0.3 is 0 Å². The fraction of sp³-hybridized carbons (Fsp3) is 0.613. The van der Waals surface area contributed by atoms with Crippen LogP contribution < -0.4 is 9.80 Å². The minimum Gasteiger partial charge on any atom is -0.373 e. The van der Waals surface area contributed by atoms with Crippen LogP contribution in [-0.2, 0) is 28.7 Å². The highest BCUT2D eigenvalue weighted by atomic mass is 16.5. The SMILES string of the molecule is c1c(Cc2cc3c4c(c2)C2OCCCC2CN4CCC3)cc2c3c1CCCN3CC1CCCOC21. The summed E-state index contributed by atoms with van der Waals surface area (Å²) in [6.07, 6.45) is 11.7. The summed E-state index contributed by atoms with van der Waals surface area (Å²) in [5.74, 6) is 1.33. The molecule has 2 fully saturated rings. The van der Waals surface area contributed by atoms with E-state index < -0.39 is 0 Å². The van der Waals surface area contributed by atoms with Crippen LogP contribution in [0, 0.1) is 11.8 Å². The van der Waals surface area contributed by atoms with E-state index in [1.54, 1.807) is 11.1 Å². The summed E-state index contributed by atoms with van der Waals surface area (Å²) in [5, 5.41) is 0. The molecule has 0 saturated carbocycles. The predicted octanol–water partition coefficient (Wildman–Crippen LogP) is 5.75. The fourth-order valence-corrected chi connectivity index (χ4v) is 8.42. The Balaban J connectivity index is 1.19. The van der Waals surface area contributed by atoms with Crippen molar-refractivity contribution >= 4 is 11.4 Å². The molecule has 6 aliphatic heterocycles. The van der Waals surface area contributed by atoms with Crippen molar-refractivity contribution in [3.8, 4) is 0 Å². The molecule has 2 aromatic carbocycles. The molecule has 2 saturated heterocycles. The largest absolute Gasteiger partial charge is 0.373 e. The molecule has 4 heteroatoms. The van der Waals surface area contributed by atoms with Crippen molar-refractivity contribution in [2.75, 3.05) is 49.2 Å². The summed E-state index contributed by atoms with van der Waals surface area (Å²) >= 11 is 0. The zero-order chi connectivity index (χ0) is 22.9. The normalized spacial score (nSPS) is 30.7. The van der Waals surface area contributed by atoms with Crippen molar-refractivity contribution in [1.82, 2.24) is 0 Å². The van der Waals surface area contributed by atoms with Gasteiger partial charge in [0.05, 0.1) is 12.2 Å². The quantitative estimate of drug-likeness (QED) is 0.558. The Kier molecular flexibility index (Phi) is 4.97. The Hall–Kier alpha value is -2.04. The van der Waals surface area contributed by atoms with E-state index in [2.05, 4.69) is 34.1 Å². The van der Waals surface area contributed by atoms with Gasteiger partial charge in [-0.2, -0.15) is 0 Å². The van der Waals surface area contributed by atoms with Gasteiger partial charge in [-0.05, 0) is 80.0 Å². The Morgan fingerprint density at radius 2 is 1.17 bits per heavy atom. The Morgan fingerprint density at radius 1 is 0.657 bits per heavy atom. The fourth-order valence-electron chi connectivity index (χ4n) is 8.42. The minimum atomic E-state index is 0.307. The zero-order valence-electron chi connectivity index (χ0n) is 20.9. The molecule has 0 N–H and O–H groups in total. The second-order valence-electron chi connectivity index (χ2n) is 12.0. The van der Waals surface area contributed by atoms with Gasteiger partial charge in [0.25, 0.3) is 0 Å². The van der Waals surface area contributed by atoms with Gasteiger partial charge < -0.3 is 19.3 Å². The van der Waals surface area contributed by atoms with E-state index in [4.69, 9.17) is 9.47 Å². The number of hydrogen-bond donors (Lipinski definition) is 0. The van der Waals surface area contributed by atoms with Crippen LogP contribution >= 0.6 is 0 Å². The highest BCUT2D eigenvalue weighted by molar-refractivity contribution is 5.67. The monoisotopic (exact) mass is 470 g/mol. The van der Waals surface area contributed by atoms with Crippen LogP contribution in [-0.4, -0.2) is 39.4 Å². The van der Waals surface area contributed by atoms with Crippen LogP contribution in [0.2, 0.25) is 0 Å². The van der Waals surface area contributed by atoms with Gasteiger partial charge in [-0.1, -0.05) is 24.3 Å². The smallest absolute Gasteiger partial charge is 0.0890 e. The van der Waals surface area contributed by atoms with Crippen molar-refractivity contribution in [1.29, 1.82) is 0 Å². The average Bonchev–Trinajstić information content (AvgIpc) is 2.89. The first-order valence-corrected chi connectivity index (χ1v) is 14.4. The number of benzene rings is 2. The maximum absolute atomic E-state index is 6.43. The number of hydrogen-bond acceptors (Lipinski definition) is 4. The van der Waals surface area contributed by atoms with Crippen LogP contribution in [0.15, 0.2) is 24.3 Å². The van der Waals surface area contributed by atoms with Crippen molar-refractivity contribution in [2.24, 2.45) is 11.8 Å². The predicted molar refractivity (Wildman–Crippen MR) is 140 cm³/mol. The second-order valence-corrected chi connectivity index (χ2v) is 12.0. The summed E-state index contributed by atoms with van der Waals surface area (Å²) in [7, 11) is 0. The molecule has 0 aromatic heterocycles. The third kappa shape index (κ3) is 3.39. The van der Waals surface area contributed by atoms with Crippen molar-refractivity contribution < 1.29 is 9.47 Å². The van der Waals surface area contributed by atoms with Crippen LogP contribution in [0.3, 0.4) is 0 Å². The molecular weight excluding hydrogens is 432 g/mol. The van der Waals surface area contributed by atoms with Crippen LogP contribution in [0.1, 0.15) is 84.1 Å². The first-order chi connectivity index (χ1) is 17.3. The molecular formula is C31H38N2O2. The van der Waals surface area contributed by atoms with E-state index in [1.807, 2.05) is 0 Å². The van der Waals surface area contributed by atoms with Gasteiger partial charge in [-0.25, -0.2) is 0 Å². The molecule has 2 aromatic rings. The standard InChI is InChI=1S/C31H38N2O2/c1-5-22-14-20(16-26-28(22)32(9-1)18-24-7-3-11-34-30(24)26)13-21-15-23-6-2-10-33-19-25-8-4-12-35-31(25)27(17-21)29(23)33/h14-17,24-25,30-31H,1-13,18-19H2. The third-order valence-corrected chi connectivity index (χ3v) is 9.76. The zero-order valence-corrected chi connectivity index (χ0v) is 20.9. The van der Waals surface area contributed by atoms with E-state index in [1.165, 1.54) is 111 Å². The Labute approximate surface area is 209 Å². The molecule has 6 aliphatic rings. The summed E-state index contributed by atoms with van der Waals surface area (Å²) in [4.78, 5) is 5.37. The second kappa shape index (κ2) is 8.24. The molecule has 0 aliphatic carbocycles. The van der Waals surface area contributed by atoms with Gasteiger partial charge in [0, 0.05) is 73.7 Å². The van der Waals surface area contributed by atoms with Crippen molar-refractivity contribution in [3.05, 3.63) is 57.6 Å². The van der Waals surface area contributed by atoms with Gasteiger partial charge in [-0.3, -0.25) is 0 Å². The molecule has 4 unspecified atom stereocenters. The summed E-state index contributed by atoms with van der Waals surface area (Å²) in [6, 6.07) is 10.1. The first kappa shape index (κ1) is 21.1. The number of nitrogens with zero attached hydrogens (tertiary/aromatic N) is 2. The van der Waals surface area contributed by atoms with E-state index >= 15 is 0 Å². The van der Waals surface area contributed by atoms with Gasteiger partial charge in [0.2, 0.25) is 0 Å². The van der Waals surface area contributed by atoms with Gasteiger partial charge in [0.15, 0.2) is 0 Å². The number of aryl methyl sites for hydroxylation is 2. The average molecular weight is 471 g/mol. The van der Waals surface area contributed by atoms with Gasteiger partial charge in [-0.15, -0.1) is 0 Å². The highest BCUT2D eigenvalue weighted by Crippen LogP contribution is 2.49. The molecule has 8 rings (SSSR count). The third-order valence-electron chi connectivity index (χ3n) is 9.76. The summed E-state index contributed by atoms with van der Waals surface area (Å²) in [5.41, 5.74) is 12.1.